The van der Waals surface area contributed by atoms with E-state index in [1.807, 2.05) is 0 Å². The Morgan fingerprint density at radius 3 is 2.40 bits per heavy atom. The lowest BCUT2D eigenvalue weighted by Crippen LogP contribution is -2.31. The SMILES string of the molecule is COc1ccc([C@@H](C)NC(=O)COC(=O)c2ccc(F)cc2F)cc1. The Balaban J connectivity index is 1.87. The van der Waals surface area contributed by atoms with E-state index in [2.05, 4.69) is 5.32 Å². The van der Waals surface area contributed by atoms with Crippen molar-refractivity contribution in [2.45, 2.75) is 13.0 Å². The molecule has 7 heteroatoms. The van der Waals surface area contributed by atoms with Gasteiger partial charge in [0, 0.05) is 6.07 Å². The topological polar surface area (TPSA) is 64.6 Å². The molecule has 132 valence electrons. The van der Waals surface area contributed by atoms with Gasteiger partial charge < -0.3 is 14.8 Å². The van der Waals surface area contributed by atoms with Crippen LogP contribution in [-0.2, 0) is 9.53 Å². The summed E-state index contributed by atoms with van der Waals surface area (Å²) in [5.74, 6) is -2.74. The minimum absolute atomic E-state index is 0.320. The van der Waals surface area contributed by atoms with Crippen LogP contribution >= 0.6 is 0 Å². The van der Waals surface area contributed by atoms with Crippen molar-refractivity contribution in [2.24, 2.45) is 0 Å². The Labute approximate surface area is 143 Å². The molecular formula is C18H17F2NO4. The summed E-state index contributed by atoms with van der Waals surface area (Å²) in [6.07, 6.45) is 0. The van der Waals surface area contributed by atoms with Gasteiger partial charge in [0.2, 0.25) is 0 Å². The summed E-state index contributed by atoms with van der Waals surface area (Å²) < 4.78 is 36.1. The molecule has 2 aromatic carbocycles. The number of carbonyl (C=O) groups excluding carboxylic acids is 2. The van der Waals surface area contributed by atoms with E-state index in [4.69, 9.17) is 9.47 Å². The highest BCUT2D eigenvalue weighted by Gasteiger charge is 2.16. The van der Waals surface area contributed by atoms with Crippen LogP contribution in [0.4, 0.5) is 8.78 Å². The third kappa shape index (κ3) is 5.00. The van der Waals surface area contributed by atoms with Crippen LogP contribution in [0.5, 0.6) is 5.75 Å². The summed E-state index contributed by atoms with van der Waals surface area (Å²) >= 11 is 0. The summed E-state index contributed by atoms with van der Waals surface area (Å²) in [7, 11) is 1.55. The van der Waals surface area contributed by atoms with Crippen LogP contribution in [0, 0.1) is 11.6 Å². The quantitative estimate of drug-likeness (QED) is 0.815. The number of amides is 1. The average Bonchev–Trinajstić information content (AvgIpc) is 2.59. The number of hydrogen-bond acceptors (Lipinski definition) is 4. The molecule has 0 unspecified atom stereocenters. The molecule has 2 rings (SSSR count). The van der Waals surface area contributed by atoms with E-state index < -0.39 is 35.7 Å². The van der Waals surface area contributed by atoms with Gasteiger partial charge in [-0.25, -0.2) is 13.6 Å². The van der Waals surface area contributed by atoms with Crippen LogP contribution in [0.15, 0.2) is 42.5 Å². The van der Waals surface area contributed by atoms with Crippen molar-refractivity contribution in [1.29, 1.82) is 0 Å². The average molecular weight is 349 g/mol. The lowest BCUT2D eigenvalue weighted by Gasteiger charge is -2.15. The molecule has 0 spiro atoms. The van der Waals surface area contributed by atoms with Crippen molar-refractivity contribution in [2.75, 3.05) is 13.7 Å². The number of halogens is 2. The van der Waals surface area contributed by atoms with Gasteiger partial charge in [0.05, 0.1) is 18.7 Å². The Morgan fingerprint density at radius 2 is 1.80 bits per heavy atom. The number of benzene rings is 2. The van der Waals surface area contributed by atoms with Crippen LogP contribution in [-0.4, -0.2) is 25.6 Å². The van der Waals surface area contributed by atoms with Gasteiger partial charge in [-0.1, -0.05) is 12.1 Å². The van der Waals surface area contributed by atoms with Crippen molar-refractivity contribution in [3.63, 3.8) is 0 Å². The van der Waals surface area contributed by atoms with E-state index >= 15 is 0 Å². The van der Waals surface area contributed by atoms with Crippen LogP contribution in [0.1, 0.15) is 28.9 Å². The highest BCUT2D eigenvalue weighted by Crippen LogP contribution is 2.17. The first-order valence-electron chi connectivity index (χ1n) is 7.46. The van der Waals surface area contributed by atoms with Crippen molar-refractivity contribution in [1.82, 2.24) is 5.32 Å². The zero-order valence-corrected chi connectivity index (χ0v) is 13.7. The van der Waals surface area contributed by atoms with E-state index in [9.17, 15) is 18.4 Å². The van der Waals surface area contributed by atoms with Gasteiger partial charge in [-0.3, -0.25) is 4.79 Å². The summed E-state index contributed by atoms with van der Waals surface area (Å²) in [4.78, 5) is 23.6. The molecular weight excluding hydrogens is 332 g/mol. The Bertz CT molecular complexity index is 762. The number of methoxy groups -OCH3 is 1. The van der Waals surface area contributed by atoms with Gasteiger partial charge in [-0.15, -0.1) is 0 Å². The predicted octanol–water partition coefficient (Wildman–Crippen LogP) is 3.01. The molecule has 2 aromatic rings. The van der Waals surface area contributed by atoms with Crippen LogP contribution in [0.2, 0.25) is 0 Å². The normalized spacial score (nSPS) is 11.5. The monoisotopic (exact) mass is 349 g/mol. The maximum atomic E-state index is 13.5. The molecule has 0 aliphatic carbocycles. The number of esters is 1. The summed E-state index contributed by atoms with van der Waals surface area (Å²) in [6, 6.07) is 9.26. The molecule has 1 atom stereocenters. The summed E-state index contributed by atoms with van der Waals surface area (Å²) in [5, 5.41) is 2.65. The molecule has 0 heterocycles. The minimum atomic E-state index is -1.04. The molecule has 1 amide bonds. The molecule has 0 bridgehead atoms. The maximum absolute atomic E-state index is 13.5. The van der Waals surface area contributed by atoms with Gasteiger partial charge in [0.1, 0.15) is 17.4 Å². The fraction of sp³-hybridized carbons (Fsp3) is 0.222. The van der Waals surface area contributed by atoms with Crippen LogP contribution in [0.25, 0.3) is 0 Å². The molecule has 25 heavy (non-hydrogen) atoms. The van der Waals surface area contributed by atoms with E-state index in [-0.39, 0.29) is 6.04 Å². The number of carbonyl (C=O) groups is 2. The maximum Gasteiger partial charge on any atom is 0.341 e. The van der Waals surface area contributed by atoms with Gasteiger partial charge in [-0.2, -0.15) is 0 Å². The van der Waals surface area contributed by atoms with E-state index in [1.165, 1.54) is 0 Å². The zero-order chi connectivity index (χ0) is 18.4. The molecule has 0 fully saturated rings. The first kappa shape index (κ1) is 18.4. The number of hydrogen-bond donors (Lipinski definition) is 1. The van der Waals surface area contributed by atoms with Gasteiger partial charge in [0.25, 0.3) is 5.91 Å². The van der Waals surface area contributed by atoms with Crippen molar-refractivity contribution < 1.29 is 27.8 Å². The largest absolute Gasteiger partial charge is 0.497 e. The first-order chi connectivity index (χ1) is 11.9. The number of rotatable bonds is 6. The van der Waals surface area contributed by atoms with Crippen LogP contribution in [0.3, 0.4) is 0 Å². The standard InChI is InChI=1S/C18H17F2NO4/c1-11(12-3-6-14(24-2)7-4-12)21-17(22)10-25-18(23)15-8-5-13(19)9-16(15)20/h3-9,11H,10H2,1-2H3,(H,21,22)/t11-/m1/s1. The van der Waals surface area contributed by atoms with E-state index in [0.29, 0.717) is 11.8 Å². The molecule has 0 aliphatic rings. The molecule has 0 radical (unpaired) electrons. The molecule has 0 aromatic heterocycles. The second-order valence-corrected chi connectivity index (χ2v) is 5.26. The summed E-state index contributed by atoms with van der Waals surface area (Å²) in [5.41, 5.74) is 0.405. The molecule has 0 aliphatic heterocycles. The zero-order valence-electron chi connectivity index (χ0n) is 13.7. The fourth-order valence-corrected chi connectivity index (χ4v) is 2.12. The molecule has 5 nitrogen and oxygen atoms in total. The minimum Gasteiger partial charge on any atom is -0.497 e. The lowest BCUT2D eigenvalue weighted by molar-refractivity contribution is -0.124. The van der Waals surface area contributed by atoms with Crippen molar-refractivity contribution in [3.05, 3.63) is 65.2 Å². The predicted molar refractivity (Wildman–Crippen MR) is 86.2 cm³/mol. The van der Waals surface area contributed by atoms with Crippen LogP contribution < -0.4 is 10.1 Å². The van der Waals surface area contributed by atoms with Gasteiger partial charge >= 0.3 is 5.97 Å². The molecule has 0 saturated carbocycles. The van der Waals surface area contributed by atoms with Gasteiger partial charge in [-0.05, 0) is 36.8 Å². The number of ether oxygens (including phenoxy) is 2. The fourth-order valence-electron chi connectivity index (χ4n) is 2.12. The second-order valence-electron chi connectivity index (χ2n) is 5.26. The Morgan fingerprint density at radius 1 is 1.12 bits per heavy atom. The van der Waals surface area contributed by atoms with Crippen molar-refractivity contribution in [3.8, 4) is 5.75 Å². The van der Waals surface area contributed by atoms with Gasteiger partial charge in [0.15, 0.2) is 6.61 Å². The smallest absolute Gasteiger partial charge is 0.341 e. The number of nitrogens with one attached hydrogen (secondary N) is 1. The first-order valence-corrected chi connectivity index (χ1v) is 7.46. The molecule has 0 saturated heterocycles. The lowest BCUT2D eigenvalue weighted by atomic mass is 10.1. The Hall–Kier alpha value is -2.96. The Kier molecular flexibility index (Phi) is 6.05. The van der Waals surface area contributed by atoms with Crippen molar-refractivity contribution >= 4 is 11.9 Å². The molecule has 1 N–H and O–H groups in total. The summed E-state index contributed by atoms with van der Waals surface area (Å²) in [6.45, 7) is 1.19. The highest BCUT2D eigenvalue weighted by molar-refractivity contribution is 5.91. The third-order valence-electron chi connectivity index (χ3n) is 3.48. The second kappa shape index (κ2) is 8.23. The highest BCUT2D eigenvalue weighted by atomic mass is 19.1. The third-order valence-corrected chi connectivity index (χ3v) is 3.48. The van der Waals surface area contributed by atoms with E-state index in [1.54, 1.807) is 38.3 Å². The van der Waals surface area contributed by atoms with E-state index in [0.717, 1.165) is 17.7 Å².